The van der Waals surface area contributed by atoms with Crippen LogP contribution in [-0.4, -0.2) is 31.0 Å². The molecule has 0 bridgehead atoms. The fourth-order valence-electron chi connectivity index (χ4n) is 1.68. The molecule has 1 aromatic heterocycles. The molecule has 0 saturated heterocycles. The summed E-state index contributed by atoms with van der Waals surface area (Å²) in [5.41, 5.74) is 0.988. The van der Waals surface area contributed by atoms with Crippen molar-refractivity contribution in [2.24, 2.45) is 7.05 Å². The van der Waals surface area contributed by atoms with Crippen LogP contribution in [0.1, 0.15) is 11.4 Å². The van der Waals surface area contributed by atoms with Crippen LogP contribution in [0.25, 0.3) is 0 Å². The predicted molar refractivity (Wildman–Crippen MR) is 69.0 cm³/mol. The van der Waals surface area contributed by atoms with Gasteiger partial charge < -0.3 is 5.32 Å². The first kappa shape index (κ1) is 13.6. The maximum atomic E-state index is 11.8. The van der Waals surface area contributed by atoms with Crippen molar-refractivity contribution in [1.29, 1.82) is 0 Å². The molecule has 0 unspecified atom stereocenters. The van der Waals surface area contributed by atoms with E-state index in [1.807, 2.05) is 0 Å². The lowest BCUT2D eigenvalue weighted by molar-refractivity contribution is -0.385. The number of nitrogens with one attached hydrogen (secondary N) is 1. The average molecular weight is 276 g/mol. The van der Waals surface area contributed by atoms with Crippen LogP contribution >= 0.6 is 0 Å². The van der Waals surface area contributed by atoms with Gasteiger partial charge in [-0.05, 0) is 29.5 Å². The molecule has 1 amide bonds. The van der Waals surface area contributed by atoms with E-state index < -0.39 is 4.92 Å². The minimum Gasteiger partial charge on any atom is -0.326 e. The quantitative estimate of drug-likeness (QED) is 0.646. The third-order valence-electron chi connectivity index (χ3n) is 2.70. The van der Waals surface area contributed by atoms with E-state index in [9.17, 15) is 14.9 Å². The molecule has 0 fully saturated rings. The van der Waals surface area contributed by atoms with Crippen molar-refractivity contribution in [2.45, 2.75) is 13.3 Å². The van der Waals surface area contributed by atoms with Crippen LogP contribution in [0.15, 0.2) is 18.2 Å². The van der Waals surface area contributed by atoms with E-state index in [1.165, 1.54) is 16.8 Å². The van der Waals surface area contributed by atoms with Gasteiger partial charge in [-0.25, -0.2) is 4.68 Å². The number of carbonyl (C=O) groups is 1. The number of aromatic nitrogens is 4. The lowest BCUT2D eigenvalue weighted by Crippen LogP contribution is -2.17. The molecule has 9 heteroatoms. The standard InChI is InChI=1S/C11H12N6O3/c1-7-5-8(3-4-9(7)17(19)20)12-11(18)6-10-13-14-15-16(10)2/h3-5H,6H2,1-2H3,(H,12,18). The van der Waals surface area contributed by atoms with E-state index >= 15 is 0 Å². The molecule has 0 atom stereocenters. The summed E-state index contributed by atoms with van der Waals surface area (Å²) < 4.78 is 1.40. The minimum atomic E-state index is -0.466. The smallest absolute Gasteiger partial charge is 0.272 e. The van der Waals surface area contributed by atoms with E-state index in [-0.39, 0.29) is 18.0 Å². The van der Waals surface area contributed by atoms with Crippen molar-refractivity contribution in [3.05, 3.63) is 39.7 Å². The summed E-state index contributed by atoms with van der Waals surface area (Å²) in [6.45, 7) is 1.61. The van der Waals surface area contributed by atoms with E-state index in [1.54, 1.807) is 20.0 Å². The van der Waals surface area contributed by atoms with Gasteiger partial charge >= 0.3 is 0 Å². The Kier molecular flexibility index (Phi) is 3.69. The highest BCUT2D eigenvalue weighted by molar-refractivity contribution is 5.92. The number of aryl methyl sites for hydroxylation is 2. The van der Waals surface area contributed by atoms with Gasteiger partial charge in [0.05, 0.1) is 11.3 Å². The highest BCUT2D eigenvalue weighted by Crippen LogP contribution is 2.21. The van der Waals surface area contributed by atoms with Gasteiger partial charge in [0, 0.05) is 24.4 Å². The van der Waals surface area contributed by atoms with Crippen molar-refractivity contribution in [2.75, 3.05) is 5.32 Å². The maximum absolute atomic E-state index is 11.8. The molecule has 2 aromatic rings. The van der Waals surface area contributed by atoms with Crippen molar-refractivity contribution >= 4 is 17.3 Å². The third kappa shape index (κ3) is 2.94. The van der Waals surface area contributed by atoms with E-state index in [0.717, 1.165) is 0 Å². The predicted octanol–water partition coefficient (Wildman–Crippen LogP) is 0.608. The summed E-state index contributed by atoms with van der Waals surface area (Å²) >= 11 is 0. The van der Waals surface area contributed by atoms with Crippen LogP contribution in [0.3, 0.4) is 0 Å². The lowest BCUT2D eigenvalue weighted by atomic mass is 10.2. The van der Waals surface area contributed by atoms with Gasteiger partial charge in [-0.2, -0.15) is 0 Å². The van der Waals surface area contributed by atoms with E-state index in [0.29, 0.717) is 17.1 Å². The van der Waals surface area contributed by atoms with Crippen LogP contribution in [0.5, 0.6) is 0 Å². The molecule has 0 aliphatic carbocycles. The van der Waals surface area contributed by atoms with Crippen LogP contribution in [0.4, 0.5) is 11.4 Å². The van der Waals surface area contributed by atoms with Crippen LogP contribution in [0, 0.1) is 17.0 Å². The molecule has 1 aromatic carbocycles. The Morgan fingerprint density at radius 2 is 2.25 bits per heavy atom. The molecule has 1 N–H and O–H groups in total. The van der Waals surface area contributed by atoms with Gasteiger partial charge in [0.1, 0.15) is 0 Å². The van der Waals surface area contributed by atoms with Crippen LogP contribution in [0.2, 0.25) is 0 Å². The monoisotopic (exact) mass is 276 g/mol. The molecule has 2 rings (SSSR count). The average Bonchev–Trinajstić information content (AvgIpc) is 2.74. The first-order valence-electron chi connectivity index (χ1n) is 5.73. The molecule has 0 aliphatic heterocycles. The Bertz CT molecular complexity index is 666. The third-order valence-corrected chi connectivity index (χ3v) is 2.70. The Labute approximate surface area is 113 Å². The Morgan fingerprint density at radius 1 is 1.50 bits per heavy atom. The molecule has 9 nitrogen and oxygen atoms in total. The number of hydrogen-bond acceptors (Lipinski definition) is 6. The second-order valence-electron chi connectivity index (χ2n) is 4.20. The number of anilines is 1. The molecule has 20 heavy (non-hydrogen) atoms. The van der Waals surface area contributed by atoms with Crippen molar-refractivity contribution in [3.63, 3.8) is 0 Å². The lowest BCUT2D eigenvalue weighted by Gasteiger charge is -2.05. The zero-order valence-electron chi connectivity index (χ0n) is 10.9. The van der Waals surface area contributed by atoms with Gasteiger partial charge in [0.25, 0.3) is 5.69 Å². The number of tetrazole rings is 1. The van der Waals surface area contributed by atoms with Crippen molar-refractivity contribution < 1.29 is 9.72 Å². The SMILES string of the molecule is Cc1cc(NC(=O)Cc2nnnn2C)ccc1[N+](=O)[O-]. The molecular formula is C11H12N6O3. The van der Waals surface area contributed by atoms with Gasteiger partial charge in [0.2, 0.25) is 5.91 Å². The number of hydrogen-bond donors (Lipinski definition) is 1. The van der Waals surface area contributed by atoms with Gasteiger partial charge in [-0.3, -0.25) is 14.9 Å². The number of nitrogens with zero attached hydrogens (tertiary/aromatic N) is 5. The molecular weight excluding hydrogens is 264 g/mol. The van der Waals surface area contributed by atoms with E-state index in [2.05, 4.69) is 20.8 Å². The van der Waals surface area contributed by atoms with Crippen molar-refractivity contribution in [1.82, 2.24) is 20.2 Å². The summed E-state index contributed by atoms with van der Waals surface area (Å²) in [6.07, 6.45) is 0.0273. The largest absolute Gasteiger partial charge is 0.326 e. The highest BCUT2D eigenvalue weighted by Gasteiger charge is 2.13. The second-order valence-corrected chi connectivity index (χ2v) is 4.20. The van der Waals surface area contributed by atoms with Crippen LogP contribution < -0.4 is 5.32 Å². The molecule has 0 spiro atoms. The maximum Gasteiger partial charge on any atom is 0.272 e. The minimum absolute atomic E-state index is 0.0144. The number of nitro benzene ring substituents is 1. The molecule has 0 aliphatic rings. The zero-order valence-corrected chi connectivity index (χ0v) is 10.9. The fourth-order valence-corrected chi connectivity index (χ4v) is 1.68. The second kappa shape index (κ2) is 5.43. The first-order chi connectivity index (χ1) is 9.47. The Hall–Kier alpha value is -2.84. The summed E-state index contributed by atoms with van der Waals surface area (Å²) in [5, 5.41) is 24.1. The normalized spacial score (nSPS) is 10.3. The number of carbonyl (C=O) groups excluding carboxylic acids is 1. The summed E-state index contributed by atoms with van der Waals surface area (Å²) in [7, 11) is 1.64. The van der Waals surface area contributed by atoms with Gasteiger partial charge in [-0.1, -0.05) is 0 Å². The topological polar surface area (TPSA) is 116 Å². The molecule has 0 saturated carbocycles. The summed E-state index contributed by atoms with van der Waals surface area (Å²) in [5.74, 6) is 0.136. The van der Waals surface area contributed by atoms with Crippen molar-refractivity contribution in [3.8, 4) is 0 Å². The summed E-state index contributed by atoms with van der Waals surface area (Å²) in [6, 6.07) is 4.39. The molecule has 104 valence electrons. The highest BCUT2D eigenvalue weighted by atomic mass is 16.6. The van der Waals surface area contributed by atoms with E-state index in [4.69, 9.17) is 0 Å². The molecule has 1 heterocycles. The number of nitro groups is 1. The Morgan fingerprint density at radius 3 is 2.80 bits per heavy atom. The fraction of sp³-hybridized carbons (Fsp3) is 0.273. The number of rotatable bonds is 4. The Balaban J connectivity index is 2.07. The number of benzene rings is 1. The molecule has 0 radical (unpaired) electrons. The summed E-state index contributed by atoms with van der Waals surface area (Å²) in [4.78, 5) is 22.0. The number of amides is 1. The van der Waals surface area contributed by atoms with Gasteiger partial charge in [0.15, 0.2) is 5.82 Å². The zero-order chi connectivity index (χ0) is 14.7. The van der Waals surface area contributed by atoms with Gasteiger partial charge in [-0.15, -0.1) is 5.10 Å². The van der Waals surface area contributed by atoms with Crippen LogP contribution in [-0.2, 0) is 18.3 Å². The first-order valence-corrected chi connectivity index (χ1v) is 5.73.